The maximum atomic E-state index is 14.1. The summed E-state index contributed by atoms with van der Waals surface area (Å²) in [6.07, 6.45) is 3.29. The maximum Gasteiger partial charge on any atom is 0.170 e. The fourth-order valence-electron chi connectivity index (χ4n) is 4.21. The van der Waals surface area contributed by atoms with Crippen LogP contribution in [0.5, 0.6) is 0 Å². The van der Waals surface area contributed by atoms with E-state index in [1.165, 1.54) is 11.8 Å². The highest BCUT2D eigenvalue weighted by molar-refractivity contribution is 7.80. The van der Waals surface area contributed by atoms with Crippen LogP contribution in [0.15, 0.2) is 23.4 Å². The third-order valence-electron chi connectivity index (χ3n) is 5.81. The Morgan fingerprint density at radius 2 is 2.00 bits per heavy atom. The molecular formula is C19H24ClFN2S. The van der Waals surface area contributed by atoms with Gasteiger partial charge in [0.1, 0.15) is 5.82 Å². The van der Waals surface area contributed by atoms with Crippen molar-refractivity contribution >= 4 is 41.0 Å². The van der Waals surface area contributed by atoms with Crippen molar-refractivity contribution in [3.63, 3.8) is 0 Å². The molecule has 1 aliphatic rings. The standard InChI is InChI=1S/C19H24ClFN2S/c1-10(2)12-6-7-17(19(12,5)11(3)4)23-16-9-14(21)13(20)8-15(16)22-18(23)24/h7-12H,6H2,1-5H3,(H,22,24)/t12?,19-/m0/s1. The summed E-state index contributed by atoms with van der Waals surface area (Å²) in [6.45, 7) is 11.4. The normalized spacial score (nSPS) is 24.4. The number of hydrogen-bond donors (Lipinski definition) is 1. The van der Waals surface area contributed by atoms with Gasteiger partial charge in [0, 0.05) is 17.2 Å². The molecule has 0 aliphatic heterocycles. The predicted octanol–water partition coefficient (Wildman–Crippen LogP) is 6.30. The van der Waals surface area contributed by atoms with E-state index < -0.39 is 5.82 Å². The molecule has 2 aromatic rings. The second kappa shape index (κ2) is 6.06. The lowest BCUT2D eigenvalue weighted by Crippen LogP contribution is -2.35. The van der Waals surface area contributed by atoms with E-state index in [4.69, 9.17) is 11.6 Å². The Balaban J connectivity index is 2.23. The van der Waals surface area contributed by atoms with Crippen LogP contribution in [0.4, 0.5) is 4.39 Å². The van der Waals surface area contributed by atoms with Crippen LogP contribution in [-0.4, -0.2) is 9.55 Å². The van der Waals surface area contributed by atoms with Crippen molar-refractivity contribution in [2.75, 3.05) is 0 Å². The summed E-state index contributed by atoms with van der Waals surface area (Å²) < 4.78 is 16.1. The largest absolute Gasteiger partial charge is 0.291 e. The minimum absolute atomic E-state index is 0.0185. The van der Waals surface area contributed by atoms with E-state index in [1.807, 2.05) is 4.57 Å². The average molecular weight is 367 g/mol. The molecule has 1 aromatic carbocycles. The highest BCUT2D eigenvalue weighted by Crippen LogP contribution is 2.54. The second-order valence-corrected chi connectivity index (χ2v) is 8.42. The molecule has 0 radical (unpaired) electrons. The molecule has 0 bridgehead atoms. The molecule has 1 heterocycles. The van der Waals surface area contributed by atoms with Crippen molar-refractivity contribution in [2.45, 2.75) is 46.2 Å². The third-order valence-corrected chi connectivity index (χ3v) is 6.40. The van der Waals surface area contributed by atoms with Crippen LogP contribution in [-0.2, 0) is 0 Å². The first-order valence-electron chi connectivity index (χ1n) is 8.45. The number of thiol groups is 1. The molecule has 0 N–H and O–H groups in total. The van der Waals surface area contributed by atoms with Gasteiger partial charge in [-0.1, -0.05) is 52.3 Å². The third kappa shape index (κ3) is 2.50. The van der Waals surface area contributed by atoms with Gasteiger partial charge < -0.3 is 0 Å². The summed E-state index contributed by atoms with van der Waals surface area (Å²) in [5, 5.41) is 0.668. The average Bonchev–Trinajstić information content (AvgIpc) is 2.97. The lowest BCUT2D eigenvalue weighted by molar-refractivity contribution is 0.152. The molecule has 0 fully saturated rings. The summed E-state index contributed by atoms with van der Waals surface area (Å²) in [7, 11) is 0. The van der Waals surface area contributed by atoms with Gasteiger partial charge >= 0.3 is 0 Å². The van der Waals surface area contributed by atoms with Gasteiger partial charge in [-0.25, -0.2) is 9.37 Å². The molecule has 0 saturated heterocycles. The summed E-state index contributed by atoms with van der Waals surface area (Å²) in [5.74, 6) is 1.12. The number of hydrogen-bond acceptors (Lipinski definition) is 2. The zero-order valence-electron chi connectivity index (χ0n) is 14.8. The van der Waals surface area contributed by atoms with Crippen LogP contribution in [0.3, 0.4) is 0 Å². The van der Waals surface area contributed by atoms with Gasteiger partial charge in [0.25, 0.3) is 0 Å². The SMILES string of the molecule is CC(C)C1CC=C(n2c(S)nc3cc(Cl)c(F)cc32)[C@@]1(C)C(C)C. The van der Waals surface area contributed by atoms with Crippen LogP contribution in [0.1, 0.15) is 41.0 Å². The van der Waals surface area contributed by atoms with Crippen molar-refractivity contribution in [3.8, 4) is 0 Å². The Hall–Kier alpha value is -1.00. The van der Waals surface area contributed by atoms with Crippen molar-refractivity contribution in [3.05, 3.63) is 29.0 Å². The zero-order chi connectivity index (χ0) is 17.8. The van der Waals surface area contributed by atoms with Crippen LogP contribution in [0, 0.1) is 29.0 Å². The van der Waals surface area contributed by atoms with Crippen LogP contribution in [0.2, 0.25) is 5.02 Å². The lowest BCUT2D eigenvalue weighted by atomic mass is 9.66. The number of nitrogens with zero attached hydrogens (tertiary/aromatic N) is 2. The molecule has 1 unspecified atom stereocenters. The van der Waals surface area contributed by atoms with E-state index in [9.17, 15) is 4.39 Å². The van der Waals surface area contributed by atoms with E-state index in [0.717, 1.165) is 11.9 Å². The maximum absolute atomic E-state index is 14.1. The first-order chi connectivity index (χ1) is 11.2. The van der Waals surface area contributed by atoms with Gasteiger partial charge in [0.2, 0.25) is 0 Å². The molecule has 5 heteroatoms. The molecule has 2 nitrogen and oxygen atoms in total. The lowest BCUT2D eigenvalue weighted by Gasteiger charge is -2.41. The number of fused-ring (bicyclic) bond motifs is 1. The van der Waals surface area contributed by atoms with Crippen LogP contribution < -0.4 is 0 Å². The van der Waals surface area contributed by atoms with E-state index in [1.54, 1.807) is 6.07 Å². The van der Waals surface area contributed by atoms with Crippen molar-refractivity contribution in [2.24, 2.45) is 23.2 Å². The summed E-state index contributed by atoms with van der Waals surface area (Å²) in [6, 6.07) is 3.04. The van der Waals surface area contributed by atoms with Crippen molar-refractivity contribution in [1.82, 2.24) is 9.55 Å². The van der Waals surface area contributed by atoms with Crippen LogP contribution >= 0.6 is 24.2 Å². The summed E-state index contributed by atoms with van der Waals surface area (Å²) in [5.41, 5.74) is 2.55. The smallest absolute Gasteiger partial charge is 0.170 e. The van der Waals surface area contributed by atoms with Crippen molar-refractivity contribution in [1.29, 1.82) is 0 Å². The molecule has 0 amide bonds. The molecule has 3 rings (SSSR count). The molecule has 1 aromatic heterocycles. The van der Waals surface area contributed by atoms with E-state index in [-0.39, 0.29) is 10.4 Å². The van der Waals surface area contributed by atoms with Gasteiger partial charge in [-0.05, 0) is 30.2 Å². The van der Waals surface area contributed by atoms with Gasteiger partial charge in [0.05, 0.1) is 16.1 Å². The number of imidazole rings is 1. The second-order valence-electron chi connectivity index (χ2n) is 7.62. The summed E-state index contributed by atoms with van der Waals surface area (Å²) >= 11 is 10.5. The van der Waals surface area contributed by atoms with Crippen molar-refractivity contribution < 1.29 is 4.39 Å². The Bertz CT molecular complexity index is 824. The number of allylic oxidation sites excluding steroid dienone is 2. The Morgan fingerprint density at radius 3 is 2.58 bits per heavy atom. The summed E-state index contributed by atoms with van der Waals surface area (Å²) in [4.78, 5) is 4.49. The molecular weight excluding hydrogens is 343 g/mol. The fraction of sp³-hybridized carbons (Fsp3) is 0.526. The molecule has 0 saturated carbocycles. The highest BCUT2D eigenvalue weighted by atomic mass is 35.5. The fourth-order valence-corrected chi connectivity index (χ4v) is 4.69. The Labute approximate surface area is 153 Å². The van der Waals surface area contributed by atoms with Gasteiger partial charge in [-0.2, -0.15) is 0 Å². The monoisotopic (exact) mass is 366 g/mol. The Morgan fingerprint density at radius 1 is 1.33 bits per heavy atom. The predicted molar refractivity (Wildman–Crippen MR) is 102 cm³/mol. The first kappa shape index (κ1) is 17.8. The number of benzene rings is 1. The topological polar surface area (TPSA) is 17.8 Å². The number of halogens is 2. The molecule has 130 valence electrons. The zero-order valence-corrected chi connectivity index (χ0v) is 16.4. The van der Waals surface area contributed by atoms with E-state index in [0.29, 0.717) is 28.4 Å². The van der Waals surface area contributed by atoms with Gasteiger partial charge in [0.15, 0.2) is 5.16 Å². The van der Waals surface area contributed by atoms with Crippen LogP contribution in [0.25, 0.3) is 16.7 Å². The minimum Gasteiger partial charge on any atom is -0.291 e. The van der Waals surface area contributed by atoms with Gasteiger partial charge in [-0.15, -0.1) is 12.6 Å². The molecule has 2 atom stereocenters. The quantitative estimate of drug-likeness (QED) is 0.631. The first-order valence-corrected chi connectivity index (χ1v) is 9.27. The van der Waals surface area contributed by atoms with E-state index in [2.05, 4.69) is 58.3 Å². The van der Waals surface area contributed by atoms with E-state index >= 15 is 0 Å². The number of aromatic nitrogens is 2. The highest BCUT2D eigenvalue weighted by Gasteiger charge is 2.46. The molecule has 1 aliphatic carbocycles. The Kier molecular flexibility index (Phi) is 4.50. The van der Waals surface area contributed by atoms with Gasteiger partial charge in [-0.3, -0.25) is 4.57 Å². The molecule has 24 heavy (non-hydrogen) atoms. The minimum atomic E-state index is -0.427. The number of rotatable bonds is 3. The molecule has 0 spiro atoms.